The zero-order valence-electron chi connectivity index (χ0n) is 15.5. The summed E-state index contributed by atoms with van der Waals surface area (Å²) >= 11 is 0. The molecule has 9 heteroatoms. The largest absolute Gasteiger partial charge is 0.467 e. The molecule has 4 amide bonds. The molecule has 0 fully saturated rings. The van der Waals surface area contributed by atoms with E-state index < -0.39 is 36.5 Å². The Bertz CT molecular complexity index is 847. The van der Waals surface area contributed by atoms with Crippen molar-refractivity contribution in [3.63, 3.8) is 0 Å². The average molecular weight is 387 g/mol. The smallest absolute Gasteiger partial charge is 0.328 e. The number of furan rings is 1. The second-order valence-corrected chi connectivity index (χ2v) is 5.98. The molecule has 0 aliphatic carbocycles. The fourth-order valence-corrected chi connectivity index (χ4v) is 2.17. The Balaban J connectivity index is 1.70. The van der Waals surface area contributed by atoms with Crippen molar-refractivity contribution in [2.24, 2.45) is 0 Å². The highest BCUT2D eigenvalue weighted by Crippen LogP contribution is 2.04. The molecule has 0 radical (unpaired) electrons. The summed E-state index contributed by atoms with van der Waals surface area (Å²) in [6.45, 7) is 2.73. The highest BCUT2D eigenvalue weighted by molar-refractivity contribution is 5.98. The number of esters is 1. The molecule has 3 N–H and O–H groups in total. The van der Waals surface area contributed by atoms with E-state index >= 15 is 0 Å². The Morgan fingerprint density at radius 2 is 1.93 bits per heavy atom. The second-order valence-electron chi connectivity index (χ2n) is 5.98. The van der Waals surface area contributed by atoms with Gasteiger partial charge >= 0.3 is 12.0 Å². The average Bonchev–Trinajstić information content (AvgIpc) is 3.18. The van der Waals surface area contributed by atoms with Crippen LogP contribution in [0.25, 0.3) is 0 Å². The van der Waals surface area contributed by atoms with E-state index in [1.54, 1.807) is 30.3 Å². The Morgan fingerprint density at radius 1 is 1.14 bits per heavy atom. The lowest BCUT2D eigenvalue weighted by Crippen LogP contribution is -2.43. The number of carbonyl (C=O) groups excluding carboxylic acids is 4. The number of aryl methyl sites for hydroxylation is 1. The third kappa shape index (κ3) is 6.60. The molecule has 28 heavy (non-hydrogen) atoms. The van der Waals surface area contributed by atoms with E-state index in [1.165, 1.54) is 13.2 Å². The molecule has 1 aromatic heterocycles. The van der Waals surface area contributed by atoms with Crippen LogP contribution in [0.3, 0.4) is 0 Å². The van der Waals surface area contributed by atoms with Crippen molar-refractivity contribution in [2.45, 2.75) is 26.4 Å². The molecule has 0 saturated carbocycles. The van der Waals surface area contributed by atoms with Gasteiger partial charge in [0.1, 0.15) is 11.8 Å². The standard InChI is InChI=1S/C19H21N3O6/c1-12-5-3-6-14(9-12)17(24)21-13(2)18(25)28-11-16(23)22-19(26)20-10-15-7-4-8-27-15/h3-9,13H,10-11H2,1-2H3,(H,21,24)(H2,20,22,23,26)/t13-/m0/s1. The molecule has 1 atom stereocenters. The van der Waals surface area contributed by atoms with Gasteiger partial charge in [-0.1, -0.05) is 17.7 Å². The zero-order chi connectivity index (χ0) is 20.5. The lowest BCUT2D eigenvalue weighted by molar-refractivity contribution is -0.149. The maximum Gasteiger partial charge on any atom is 0.328 e. The third-order valence-electron chi connectivity index (χ3n) is 3.58. The van der Waals surface area contributed by atoms with Crippen LogP contribution in [0.4, 0.5) is 4.79 Å². The minimum atomic E-state index is -0.964. The van der Waals surface area contributed by atoms with Crippen LogP contribution in [0, 0.1) is 6.92 Å². The number of amides is 4. The van der Waals surface area contributed by atoms with E-state index in [4.69, 9.17) is 9.15 Å². The number of hydrogen-bond acceptors (Lipinski definition) is 6. The van der Waals surface area contributed by atoms with Gasteiger partial charge in [-0.3, -0.25) is 14.9 Å². The summed E-state index contributed by atoms with van der Waals surface area (Å²) in [6.07, 6.45) is 1.46. The first-order valence-electron chi connectivity index (χ1n) is 8.49. The van der Waals surface area contributed by atoms with Crippen molar-refractivity contribution in [1.82, 2.24) is 16.0 Å². The van der Waals surface area contributed by atoms with Crippen LogP contribution in [0.1, 0.15) is 28.6 Å². The number of rotatable bonds is 7. The fraction of sp³-hybridized carbons (Fsp3) is 0.263. The molecule has 0 bridgehead atoms. The van der Waals surface area contributed by atoms with Crippen molar-refractivity contribution >= 4 is 23.8 Å². The van der Waals surface area contributed by atoms with Gasteiger partial charge in [0.2, 0.25) is 0 Å². The number of carbonyl (C=O) groups is 4. The Morgan fingerprint density at radius 3 is 2.61 bits per heavy atom. The van der Waals surface area contributed by atoms with Gasteiger partial charge < -0.3 is 19.8 Å². The molecule has 0 aliphatic heterocycles. The summed E-state index contributed by atoms with van der Waals surface area (Å²) in [7, 11) is 0. The Labute approximate surface area is 161 Å². The van der Waals surface area contributed by atoms with Crippen LogP contribution in [0.5, 0.6) is 0 Å². The lowest BCUT2D eigenvalue weighted by atomic mass is 10.1. The maximum absolute atomic E-state index is 12.1. The van der Waals surface area contributed by atoms with Crippen LogP contribution in [0.2, 0.25) is 0 Å². The number of imide groups is 1. The fourth-order valence-electron chi connectivity index (χ4n) is 2.17. The molecule has 0 aliphatic rings. The van der Waals surface area contributed by atoms with Gasteiger partial charge in [0.25, 0.3) is 11.8 Å². The van der Waals surface area contributed by atoms with Crippen molar-refractivity contribution in [1.29, 1.82) is 0 Å². The molecule has 0 unspecified atom stereocenters. The summed E-state index contributed by atoms with van der Waals surface area (Å²) in [5.74, 6) is -1.52. The molecular formula is C19H21N3O6. The van der Waals surface area contributed by atoms with Crippen LogP contribution < -0.4 is 16.0 Å². The topological polar surface area (TPSA) is 127 Å². The van der Waals surface area contributed by atoms with Gasteiger partial charge in [-0.2, -0.15) is 0 Å². The third-order valence-corrected chi connectivity index (χ3v) is 3.58. The van der Waals surface area contributed by atoms with Crippen LogP contribution >= 0.6 is 0 Å². The predicted molar refractivity (Wildman–Crippen MR) is 98.2 cm³/mol. The summed E-state index contributed by atoms with van der Waals surface area (Å²) in [5.41, 5.74) is 1.32. The van der Waals surface area contributed by atoms with Crippen molar-refractivity contribution in [3.05, 3.63) is 59.5 Å². The first kappa shape index (κ1) is 20.7. The molecule has 1 aromatic carbocycles. The number of ether oxygens (including phenoxy) is 1. The highest BCUT2D eigenvalue weighted by Gasteiger charge is 2.19. The monoisotopic (exact) mass is 387 g/mol. The predicted octanol–water partition coefficient (Wildman–Crippen LogP) is 1.28. The van der Waals surface area contributed by atoms with Gasteiger partial charge in [0.05, 0.1) is 12.8 Å². The van der Waals surface area contributed by atoms with E-state index in [1.807, 2.05) is 18.3 Å². The molecule has 2 aromatic rings. The van der Waals surface area contributed by atoms with Crippen LogP contribution in [-0.4, -0.2) is 36.5 Å². The van der Waals surface area contributed by atoms with E-state index in [-0.39, 0.29) is 6.54 Å². The van der Waals surface area contributed by atoms with E-state index in [0.717, 1.165) is 5.56 Å². The summed E-state index contributed by atoms with van der Waals surface area (Å²) in [4.78, 5) is 47.3. The molecule has 0 spiro atoms. The lowest BCUT2D eigenvalue weighted by Gasteiger charge is -2.13. The molecular weight excluding hydrogens is 366 g/mol. The van der Waals surface area contributed by atoms with E-state index in [2.05, 4.69) is 10.6 Å². The quantitative estimate of drug-likeness (QED) is 0.614. The number of hydrogen-bond donors (Lipinski definition) is 3. The van der Waals surface area contributed by atoms with Crippen molar-refractivity contribution in [2.75, 3.05) is 6.61 Å². The van der Waals surface area contributed by atoms with E-state index in [0.29, 0.717) is 11.3 Å². The number of benzene rings is 1. The molecule has 1 heterocycles. The van der Waals surface area contributed by atoms with Gasteiger partial charge in [0, 0.05) is 5.56 Å². The SMILES string of the molecule is Cc1cccc(C(=O)N[C@@H](C)C(=O)OCC(=O)NC(=O)NCc2ccco2)c1. The first-order chi connectivity index (χ1) is 13.3. The first-order valence-corrected chi connectivity index (χ1v) is 8.49. The Kier molecular flexibility index (Phi) is 7.32. The van der Waals surface area contributed by atoms with E-state index in [9.17, 15) is 19.2 Å². The van der Waals surface area contributed by atoms with Gasteiger partial charge in [0.15, 0.2) is 6.61 Å². The normalized spacial score (nSPS) is 11.2. The molecule has 9 nitrogen and oxygen atoms in total. The second kappa shape index (κ2) is 9.91. The molecule has 2 rings (SSSR count). The summed E-state index contributed by atoms with van der Waals surface area (Å²) in [5, 5.41) is 6.92. The number of urea groups is 1. The van der Waals surface area contributed by atoms with Gasteiger partial charge in [-0.25, -0.2) is 9.59 Å². The minimum absolute atomic E-state index is 0.105. The van der Waals surface area contributed by atoms with Crippen molar-refractivity contribution in [3.8, 4) is 0 Å². The summed E-state index contributed by atoms with van der Waals surface area (Å²) < 4.78 is 9.85. The van der Waals surface area contributed by atoms with Crippen molar-refractivity contribution < 1.29 is 28.3 Å². The zero-order valence-corrected chi connectivity index (χ0v) is 15.5. The van der Waals surface area contributed by atoms with Gasteiger partial charge in [-0.15, -0.1) is 0 Å². The number of nitrogens with one attached hydrogen (secondary N) is 3. The summed E-state index contributed by atoms with van der Waals surface area (Å²) in [6, 6.07) is 8.49. The highest BCUT2D eigenvalue weighted by atomic mass is 16.5. The molecule has 148 valence electrons. The van der Waals surface area contributed by atoms with Crippen LogP contribution in [-0.2, 0) is 20.9 Å². The minimum Gasteiger partial charge on any atom is -0.467 e. The Hall–Kier alpha value is -3.62. The molecule has 0 saturated heterocycles. The van der Waals surface area contributed by atoms with Crippen LogP contribution in [0.15, 0.2) is 47.1 Å². The maximum atomic E-state index is 12.1. The van der Waals surface area contributed by atoms with Gasteiger partial charge in [-0.05, 0) is 38.1 Å².